The molecule has 0 bridgehead atoms. The van der Waals surface area contributed by atoms with E-state index in [9.17, 15) is 14.4 Å². The molecule has 1 aromatic heterocycles. The molecule has 124 valence electrons. The standard InChI is InChI=1S/C17H14BrNO4S/c18-13-6-8-24-16(13)14(20)10-23-17(22)11-3-1-4-12(9-11)19-7-2-5-15(19)21/h1,3-4,6,8-9H,2,5,7,10H2. The van der Waals surface area contributed by atoms with Crippen LogP contribution in [0, 0.1) is 0 Å². The van der Waals surface area contributed by atoms with Crippen LogP contribution in [0.4, 0.5) is 5.69 Å². The summed E-state index contributed by atoms with van der Waals surface area (Å²) in [6.45, 7) is 0.340. The van der Waals surface area contributed by atoms with Gasteiger partial charge in [-0.3, -0.25) is 9.59 Å². The van der Waals surface area contributed by atoms with E-state index in [2.05, 4.69) is 15.9 Å². The number of ketones is 1. The Balaban J connectivity index is 1.66. The first-order valence-electron chi connectivity index (χ1n) is 7.40. The van der Waals surface area contributed by atoms with Gasteiger partial charge in [-0.2, -0.15) is 0 Å². The minimum absolute atomic E-state index is 0.0539. The van der Waals surface area contributed by atoms with Crippen LogP contribution >= 0.6 is 27.3 Å². The van der Waals surface area contributed by atoms with Crippen LogP contribution < -0.4 is 4.90 Å². The molecule has 24 heavy (non-hydrogen) atoms. The van der Waals surface area contributed by atoms with Gasteiger partial charge in [0.1, 0.15) is 0 Å². The lowest BCUT2D eigenvalue weighted by atomic mass is 10.2. The maximum atomic E-state index is 12.2. The van der Waals surface area contributed by atoms with Crippen molar-refractivity contribution in [2.24, 2.45) is 0 Å². The largest absolute Gasteiger partial charge is 0.454 e. The van der Waals surface area contributed by atoms with Gasteiger partial charge in [0.25, 0.3) is 0 Å². The van der Waals surface area contributed by atoms with E-state index in [1.165, 1.54) is 11.3 Å². The summed E-state index contributed by atoms with van der Waals surface area (Å²) in [7, 11) is 0. The van der Waals surface area contributed by atoms with Gasteiger partial charge in [-0.25, -0.2) is 4.79 Å². The van der Waals surface area contributed by atoms with E-state index < -0.39 is 5.97 Å². The molecule has 0 atom stereocenters. The highest BCUT2D eigenvalue weighted by molar-refractivity contribution is 9.10. The molecule has 0 spiro atoms. The average molecular weight is 408 g/mol. The van der Waals surface area contributed by atoms with Crippen molar-refractivity contribution in [3.05, 3.63) is 50.6 Å². The van der Waals surface area contributed by atoms with Gasteiger partial charge in [0, 0.05) is 23.1 Å². The van der Waals surface area contributed by atoms with Crippen molar-refractivity contribution in [3.63, 3.8) is 0 Å². The molecule has 0 aliphatic carbocycles. The van der Waals surface area contributed by atoms with E-state index in [4.69, 9.17) is 4.74 Å². The van der Waals surface area contributed by atoms with Crippen molar-refractivity contribution in [2.75, 3.05) is 18.1 Å². The molecule has 1 saturated heterocycles. The van der Waals surface area contributed by atoms with Gasteiger partial charge in [0.15, 0.2) is 6.61 Å². The molecule has 1 aliphatic rings. The Labute approximate surface area is 151 Å². The quantitative estimate of drug-likeness (QED) is 0.560. The molecule has 1 amide bonds. The lowest BCUT2D eigenvalue weighted by Crippen LogP contribution is -2.24. The molecule has 5 nitrogen and oxygen atoms in total. The van der Waals surface area contributed by atoms with Crippen LogP contribution in [0.2, 0.25) is 0 Å². The summed E-state index contributed by atoms with van der Waals surface area (Å²) < 4.78 is 5.80. The normalized spacial score (nSPS) is 14.0. The second kappa shape index (κ2) is 7.27. The number of carbonyl (C=O) groups is 3. The van der Waals surface area contributed by atoms with Gasteiger partial charge in [0.2, 0.25) is 11.7 Å². The van der Waals surface area contributed by atoms with Crippen LogP contribution in [0.1, 0.15) is 32.9 Å². The molecule has 1 aromatic carbocycles. The highest BCUT2D eigenvalue weighted by Gasteiger charge is 2.22. The van der Waals surface area contributed by atoms with Gasteiger partial charge in [-0.15, -0.1) is 11.3 Å². The summed E-state index contributed by atoms with van der Waals surface area (Å²) in [5.74, 6) is -0.779. The van der Waals surface area contributed by atoms with E-state index in [0.29, 0.717) is 33.6 Å². The molecule has 7 heteroatoms. The predicted octanol–water partition coefficient (Wildman–Crippen LogP) is 3.68. The molecule has 3 rings (SSSR count). The number of Topliss-reactive ketones (excluding diaryl/α,β-unsaturated/α-hetero) is 1. The monoisotopic (exact) mass is 407 g/mol. The molecular formula is C17H14BrNO4S. The van der Waals surface area contributed by atoms with Crippen molar-refractivity contribution in [1.82, 2.24) is 0 Å². The Bertz CT molecular complexity index is 801. The molecule has 1 aliphatic heterocycles. The Morgan fingerprint density at radius 3 is 2.79 bits per heavy atom. The summed E-state index contributed by atoms with van der Waals surface area (Å²) in [6.07, 6.45) is 1.34. The first-order valence-corrected chi connectivity index (χ1v) is 9.07. The van der Waals surface area contributed by atoms with E-state index in [1.807, 2.05) is 0 Å². The highest BCUT2D eigenvalue weighted by atomic mass is 79.9. The fourth-order valence-electron chi connectivity index (χ4n) is 2.49. The third kappa shape index (κ3) is 3.57. The van der Waals surface area contributed by atoms with Crippen LogP contribution in [0.25, 0.3) is 0 Å². The number of benzene rings is 1. The van der Waals surface area contributed by atoms with Gasteiger partial charge >= 0.3 is 5.97 Å². The van der Waals surface area contributed by atoms with E-state index in [1.54, 1.807) is 40.6 Å². The average Bonchev–Trinajstić information content (AvgIpc) is 3.20. The number of hydrogen-bond donors (Lipinski definition) is 0. The number of nitrogens with zero attached hydrogens (tertiary/aromatic N) is 1. The Hall–Kier alpha value is -1.99. The fraction of sp³-hybridized carbons (Fsp3) is 0.235. The zero-order valence-electron chi connectivity index (χ0n) is 12.7. The zero-order valence-corrected chi connectivity index (χ0v) is 15.1. The van der Waals surface area contributed by atoms with Crippen molar-refractivity contribution in [3.8, 4) is 0 Å². The first kappa shape index (κ1) is 16.9. The van der Waals surface area contributed by atoms with E-state index in [-0.39, 0.29) is 18.3 Å². The van der Waals surface area contributed by atoms with Crippen LogP contribution in [-0.2, 0) is 9.53 Å². The Morgan fingerprint density at radius 2 is 2.12 bits per heavy atom. The number of ether oxygens (including phenoxy) is 1. The minimum atomic E-state index is -0.579. The zero-order chi connectivity index (χ0) is 17.1. The number of thiophene rings is 1. The molecule has 2 heterocycles. The number of anilines is 1. The fourth-order valence-corrected chi connectivity index (χ4v) is 4.01. The van der Waals surface area contributed by atoms with Gasteiger partial charge in [-0.05, 0) is 52.0 Å². The second-order valence-electron chi connectivity index (χ2n) is 5.30. The number of halogens is 1. The minimum Gasteiger partial charge on any atom is -0.454 e. The summed E-state index contributed by atoms with van der Waals surface area (Å²) in [6, 6.07) is 8.49. The number of esters is 1. The molecular weight excluding hydrogens is 394 g/mol. The Kier molecular flexibility index (Phi) is 5.11. The van der Waals surface area contributed by atoms with Gasteiger partial charge in [0.05, 0.1) is 10.4 Å². The molecule has 2 aromatic rings. The predicted molar refractivity (Wildman–Crippen MR) is 94.7 cm³/mol. The first-order chi connectivity index (χ1) is 11.6. The topological polar surface area (TPSA) is 63.7 Å². The SMILES string of the molecule is O=C(OCC(=O)c1sccc1Br)c1cccc(N2CCCC2=O)c1. The Morgan fingerprint density at radius 1 is 1.29 bits per heavy atom. The maximum Gasteiger partial charge on any atom is 0.338 e. The van der Waals surface area contributed by atoms with Crippen molar-refractivity contribution < 1.29 is 19.1 Å². The van der Waals surface area contributed by atoms with Crippen molar-refractivity contribution in [1.29, 1.82) is 0 Å². The number of hydrogen-bond acceptors (Lipinski definition) is 5. The molecule has 0 saturated carbocycles. The maximum absolute atomic E-state index is 12.2. The van der Waals surface area contributed by atoms with Crippen LogP contribution in [0.5, 0.6) is 0 Å². The van der Waals surface area contributed by atoms with Crippen molar-refractivity contribution >= 4 is 50.6 Å². The number of amides is 1. The molecule has 0 radical (unpaired) electrons. The molecule has 0 unspecified atom stereocenters. The summed E-state index contributed by atoms with van der Waals surface area (Å²) in [4.78, 5) is 38.2. The van der Waals surface area contributed by atoms with Crippen LogP contribution in [0.3, 0.4) is 0 Å². The van der Waals surface area contributed by atoms with Crippen LogP contribution in [0.15, 0.2) is 40.2 Å². The number of rotatable bonds is 5. The highest BCUT2D eigenvalue weighted by Crippen LogP contribution is 2.24. The van der Waals surface area contributed by atoms with Crippen molar-refractivity contribution in [2.45, 2.75) is 12.8 Å². The molecule has 1 fully saturated rings. The molecule has 0 N–H and O–H groups in total. The lowest BCUT2D eigenvalue weighted by molar-refractivity contribution is -0.117. The van der Waals surface area contributed by atoms with E-state index in [0.717, 1.165) is 6.42 Å². The second-order valence-corrected chi connectivity index (χ2v) is 7.07. The summed E-state index contributed by atoms with van der Waals surface area (Å²) >= 11 is 4.58. The summed E-state index contributed by atoms with van der Waals surface area (Å²) in [5, 5.41) is 1.79. The summed E-state index contributed by atoms with van der Waals surface area (Å²) in [5.41, 5.74) is 1.00. The smallest absolute Gasteiger partial charge is 0.338 e. The van der Waals surface area contributed by atoms with Gasteiger partial charge in [-0.1, -0.05) is 6.07 Å². The lowest BCUT2D eigenvalue weighted by Gasteiger charge is -2.16. The third-order valence-electron chi connectivity index (χ3n) is 3.67. The van der Waals surface area contributed by atoms with Crippen LogP contribution in [-0.4, -0.2) is 30.8 Å². The third-order valence-corrected chi connectivity index (χ3v) is 5.55. The van der Waals surface area contributed by atoms with E-state index >= 15 is 0 Å². The van der Waals surface area contributed by atoms with Gasteiger partial charge < -0.3 is 9.64 Å². The number of carbonyl (C=O) groups excluding carboxylic acids is 3.